The summed E-state index contributed by atoms with van der Waals surface area (Å²) < 4.78 is 29.2. The molecule has 0 atom stereocenters. The molecule has 0 bridgehead atoms. The second-order valence-corrected chi connectivity index (χ2v) is 5.56. The monoisotopic (exact) mass is 310 g/mol. The van der Waals surface area contributed by atoms with Crippen LogP contribution in [0.2, 0.25) is 0 Å². The molecule has 112 valence electrons. The average Bonchev–Trinajstić information content (AvgIpc) is 2.82. The predicted octanol–water partition coefficient (Wildman–Crippen LogP) is 0.837. The maximum atomic E-state index is 11.8. The highest BCUT2D eigenvalue weighted by Crippen LogP contribution is 2.21. The van der Waals surface area contributed by atoms with Gasteiger partial charge in [-0.3, -0.25) is 4.72 Å². The molecule has 2 aromatic rings. The fourth-order valence-corrected chi connectivity index (χ4v) is 2.62. The van der Waals surface area contributed by atoms with Crippen molar-refractivity contribution in [1.82, 2.24) is 14.5 Å². The van der Waals surface area contributed by atoms with Crippen molar-refractivity contribution in [3.05, 3.63) is 42.1 Å². The summed E-state index contributed by atoms with van der Waals surface area (Å²) in [6, 6.07) is 8.63. The molecule has 3 N–H and O–H groups in total. The third-order valence-corrected chi connectivity index (χ3v) is 3.70. The van der Waals surface area contributed by atoms with Crippen molar-refractivity contribution < 1.29 is 18.3 Å². The van der Waals surface area contributed by atoms with E-state index in [0.717, 1.165) is 6.20 Å². The number of nitrogens with one attached hydrogen (secondary N) is 2. The van der Waals surface area contributed by atoms with Gasteiger partial charge >= 0.3 is 5.97 Å². The van der Waals surface area contributed by atoms with E-state index in [-0.39, 0.29) is 17.9 Å². The van der Waals surface area contributed by atoms with Crippen LogP contribution in [0.1, 0.15) is 17.3 Å². The molecular formula is C12H14N4O4S. The minimum Gasteiger partial charge on any atom is -0.477 e. The van der Waals surface area contributed by atoms with Gasteiger partial charge in [0.25, 0.3) is 10.2 Å². The van der Waals surface area contributed by atoms with Crippen LogP contribution in [0.15, 0.2) is 36.5 Å². The fourth-order valence-electron chi connectivity index (χ4n) is 1.72. The molecule has 1 aromatic carbocycles. The number of carbonyl (C=O) groups is 1. The Labute approximate surface area is 121 Å². The summed E-state index contributed by atoms with van der Waals surface area (Å²) in [5.41, 5.74) is 0.305. The average molecular weight is 310 g/mol. The molecule has 0 saturated carbocycles. The van der Waals surface area contributed by atoms with E-state index in [1.54, 1.807) is 37.3 Å². The molecule has 0 amide bonds. The maximum Gasteiger partial charge on any atom is 0.341 e. The highest BCUT2D eigenvalue weighted by molar-refractivity contribution is 7.90. The molecule has 9 heteroatoms. The number of rotatable bonds is 6. The molecule has 2 rings (SSSR count). The van der Waals surface area contributed by atoms with Crippen LogP contribution in [0, 0.1) is 0 Å². The number of anilines is 1. The highest BCUT2D eigenvalue weighted by atomic mass is 32.2. The topological polar surface area (TPSA) is 113 Å². The van der Waals surface area contributed by atoms with Gasteiger partial charge in [-0.1, -0.05) is 25.1 Å². The number of carboxylic acids is 1. The zero-order chi connectivity index (χ0) is 15.5. The van der Waals surface area contributed by atoms with Gasteiger partial charge in [-0.2, -0.15) is 18.2 Å². The van der Waals surface area contributed by atoms with E-state index in [1.165, 1.54) is 4.68 Å². The quantitative estimate of drug-likeness (QED) is 0.731. The van der Waals surface area contributed by atoms with Crippen molar-refractivity contribution in [2.45, 2.75) is 6.92 Å². The number of para-hydroxylation sites is 1. The molecule has 0 aliphatic heterocycles. The first-order valence-electron chi connectivity index (χ1n) is 6.08. The minimum atomic E-state index is -3.87. The predicted molar refractivity (Wildman–Crippen MR) is 76.7 cm³/mol. The molecule has 0 saturated heterocycles. The smallest absolute Gasteiger partial charge is 0.341 e. The number of aromatic nitrogens is 2. The van der Waals surface area contributed by atoms with Gasteiger partial charge in [-0.25, -0.2) is 9.48 Å². The summed E-state index contributed by atoms with van der Waals surface area (Å²) in [5, 5.41) is 13.1. The Bertz CT molecular complexity index is 740. The van der Waals surface area contributed by atoms with Crippen LogP contribution in [-0.4, -0.2) is 35.8 Å². The molecular weight excluding hydrogens is 296 g/mol. The number of hydrogen-bond donors (Lipinski definition) is 3. The van der Waals surface area contributed by atoms with Crippen molar-refractivity contribution in [2.24, 2.45) is 0 Å². The Balaban J connectivity index is 2.51. The summed E-state index contributed by atoms with van der Waals surface area (Å²) in [7, 11) is -3.87. The molecule has 0 radical (unpaired) electrons. The summed E-state index contributed by atoms with van der Waals surface area (Å²) >= 11 is 0. The molecule has 8 nitrogen and oxygen atoms in total. The number of benzene rings is 1. The molecule has 1 heterocycles. The van der Waals surface area contributed by atoms with E-state index in [2.05, 4.69) is 14.5 Å². The van der Waals surface area contributed by atoms with Crippen LogP contribution in [0.5, 0.6) is 0 Å². The van der Waals surface area contributed by atoms with E-state index in [4.69, 9.17) is 5.11 Å². The molecule has 0 aliphatic carbocycles. The molecule has 21 heavy (non-hydrogen) atoms. The number of nitrogens with zero attached hydrogens (tertiary/aromatic N) is 2. The van der Waals surface area contributed by atoms with E-state index < -0.39 is 16.2 Å². The van der Waals surface area contributed by atoms with Gasteiger partial charge in [-0.15, -0.1) is 0 Å². The lowest BCUT2D eigenvalue weighted by molar-refractivity contribution is 0.0698. The van der Waals surface area contributed by atoms with Crippen LogP contribution in [0.3, 0.4) is 0 Å². The largest absolute Gasteiger partial charge is 0.477 e. The van der Waals surface area contributed by atoms with Gasteiger partial charge in [0, 0.05) is 6.54 Å². The van der Waals surface area contributed by atoms with Crippen LogP contribution in [0.25, 0.3) is 5.69 Å². The van der Waals surface area contributed by atoms with Gasteiger partial charge in [-0.05, 0) is 12.1 Å². The van der Waals surface area contributed by atoms with Gasteiger partial charge in [0.1, 0.15) is 5.56 Å². The van der Waals surface area contributed by atoms with Crippen molar-refractivity contribution in [3.8, 4) is 5.69 Å². The van der Waals surface area contributed by atoms with Crippen molar-refractivity contribution in [1.29, 1.82) is 0 Å². The Hall–Kier alpha value is -2.39. The molecule has 0 spiro atoms. The third kappa shape index (κ3) is 3.38. The van der Waals surface area contributed by atoms with Crippen molar-refractivity contribution >= 4 is 22.0 Å². The Morgan fingerprint density at radius 1 is 1.33 bits per heavy atom. The van der Waals surface area contributed by atoms with Crippen molar-refractivity contribution in [3.63, 3.8) is 0 Å². The van der Waals surface area contributed by atoms with Crippen LogP contribution < -0.4 is 9.44 Å². The first kappa shape index (κ1) is 15.0. The lowest BCUT2D eigenvalue weighted by Crippen LogP contribution is -2.31. The first-order chi connectivity index (χ1) is 9.94. The molecule has 1 aromatic heterocycles. The number of aromatic carboxylic acids is 1. The van der Waals surface area contributed by atoms with E-state index in [9.17, 15) is 13.2 Å². The van der Waals surface area contributed by atoms with Crippen LogP contribution in [-0.2, 0) is 10.2 Å². The summed E-state index contributed by atoms with van der Waals surface area (Å²) in [6.07, 6.45) is 1.10. The summed E-state index contributed by atoms with van der Waals surface area (Å²) in [5.74, 6) is -1.40. The molecule has 0 unspecified atom stereocenters. The molecule has 0 fully saturated rings. The Morgan fingerprint density at radius 2 is 2.00 bits per heavy atom. The summed E-state index contributed by atoms with van der Waals surface area (Å²) in [4.78, 5) is 11.2. The number of carboxylic acid groups (broad SMARTS) is 1. The minimum absolute atomic E-state index is 0.130. The van der Waals surface area contributed by atoms with Gasteiger partial charge in [0.15, 0.2) is 5.82 Å². The lowest BCUT2D eigenvalue weighted by atomic mass is 10.3. The van der Waals surface area contributed by atoms with Crippen LogP contribution in [0.4, 0.5) is 5.82 Å². The second kappa shape index (κ2) is 5.94. The van der Waals surface area contributed by atoms with Gasteiger partial charge in [0.2, 0.25) is 0 Å². The SMILES string of the molecule is CCNS(=O)(=O)Nc1c(C(=O)O)cnn1-c1ccccc1. The molecule has 0 aliphatic rings. The Morgan fingerprint density at radius 3 is 2.57 bits per heavy atom. The van der Waals surface area contributed by atoms with Gasteiger partial charge < -0.3 is 5.11 Å². The van der Waals surface area contributed by atoms with E-state index in [0.29, 0.717) is 5.69 Å². The first-order valence-corrected chi connectivity index (χ1v) is 7.57. The maximum absolute atomic E-state index is 11.8. The summed E-state index contributed by atoms with van der Waals surface area (Å²) in [6.45, 7) is 1.79. The normalized spacial score (nSPS) is 11.3. The Kier molecular flexibility index (Phi) is 4.24. The number of hydrogen-bond acceptors (Lipinski definition) is 4. The van der Waals surface area contributed by atoms with E-state index >= 15 is 0 Å². The zero-order valence-corrected chi connectivity index (χ0v) is 12.0. The van der Waals surface area contributed by atoms with Gasteiger partial charge in [0.05, 0.1) is 11.9 Å². The van der Waals surface area contributed by atoms with Crippen molar-refractivity contribution in [2.75, 3.05) is 11.3 Å². The second-order valence-electron chi connectivity index (χ2n) is 4.06. The highest BCUT2D eigenvalue weighted by Gasteiger charge is 2.21. The lowest BCUT2D eigenvalue weighted by Gasteiger charge is -2.11. The zero-order valence-electron chi connectivity index (χ0n) is 11.1. The third-order valence-electron chi connectivity index (χ3n) is 2.57. The fraction of sp³-hybridized carbons (Fsp3) is 0.167. The van der Waals surface area contributed by atoms with E-state index in [1.807, 2.05) is 0 Å². The standard InChI is InChI=1S/C12H14N4O4S/c1-2-14-21(19,20)15-11-10(12(17)18)8-13-16(11)9-6-4-3-5-7-9/h3-8,14-15H,2H2,1H3,(H,17,18). The van der Waals surface area contributed by atoms with Crippen LogP contribution >= 0.6 is 0 Å².